The average Bonchev–Trinajstić information content (AvgIpc) is 2.78. The summed E-state index contributed by atoms with van der Waals surface area (Å²) in [6.45, 7) is 0.175. The highest BCUT2D eigenvalue weighted by atomic mass is 79.9. The summed E-state index contributed by atoms with van der Waals surface area (Å²) in [5.41, 5.74) is 1.73. The Morgan fingerprint density at radius 1 is 1.19 bits per heavy atom. The number of allylic oxidation sites excluding steroid dienone is 1. The summed E-state index contributed by atoms with van der Waals surface area (Å²) in [5, 5.41) is 20.3. The van der Waals surface area contributed by atoms with Crippen LogP contribution < -0.4 is 9.47 Å². The second-order valence-corrected chi connectivity index (χ2v) is 7.24. The van der Waals surface area contributed by atoms with Crippen LogP contribution in [0.3, 0.4) is 0 Å². The van der Waals surface area contributed by atoms with Gasteiger partial charge in [0.25, 0.3) is 5.69 Å². The van der Waals surface area contributed by atoms with Gasteiger partial charge in [0.15, 0.2) is 11.5 Å². The van der Waals surface area contributed by atoms with Crippen LogP contribution in [0.25, 0.3) is 11.6 Å². The fourth-order valence-electron chi connectivity index (χ4n) is 2.81. The molecule has 3 rings (SSSR count). The van der Waals surface area contributed by atoms with Gasteiger partial charge in [-0.05, 0) is 47.5 Å². The lowest BCUT2D eigenvalue weighted by atomic mass is 10.0. The van der Waals surface area contributed by atoms with Gasteiger partial charge in [-0.15, -0.1) is 0 Å². The van der Waals surface area contributed by atoms with Crippen molar-refractivity contribution in [1.29, 1.82) is 5.26 Å². The molecule has 0 bridgehead atoms. The molecule has 0 aliphatic heterocycles. The molecule has 3 aromatic carbocycles. The third-order valence-electron chi connectivity index (χ3n) is 4.41. The highest BCUT2D eigenvalue weighted by Gasteiger charge is 2.13. The molecule has 0 aromatic heterocycles. The van der Waals surface area contributed by atoms with Gasteiger partial charge in [-0.1, -0.05) is 34.1 Å². The number of ether oxygens (including phenoxy) is 2. The van der Waals surface area contributed by atoms with Crippen molar-refractivity contribution in [1.82, 2.24) is 0 Å². The molecule has 0 saturated heterocycles. The smallest absolute Gasteiger partial charge is 0.269 e. The minimum absolute atomic E-state index is 0.00312. The third-order valence-corrected chi connectivity index (χ3v) is 5.10. The van der Waals surface area contributed by atoms with Crippen molar-refractivity contribution in [3.63, 3.8) is 0 Å². The van der Waals surface area contributed by atoms with Crippen LogP contribution in [0.5, 0.6) is 11.5 Å². The maximum absolute atomic E-state index is 14.1. The number of hydrogen-bond acceptors (Lipinski definition) is 5. The lowest BCUT2D eigenvalue weighted by Crippen LogP contribution is -1.99. The third kappa shape index (κ3) is 5.27. The standard InChI is InChI=1S/C23H16BrFN2O4/c1-30-22-11-16(10-17(13-26)19-4-2-3-5-21(19)25)20(24)12-23(22)31-14-15-6-8-18(9-7-15)27(28)29/h2-12H,14H2,1H3/b17-10-. The molecule has 0 fully saturated rings. The van der Waals surface area contributed by atoms with Crippen molar-refractivity contribution in [2.24, 2.45) is 0 Å². The molecule has 8 heteroatoms. The molecule has 0 atom stereocenters. The first-order valence-corrected chi connectivity index (χ1v) is 9.82. The zero-order valence-electron chi connectivity index (χ0n) is 16.3. The molecule has 3 aromatic rings. The molecule has 31 heavy (non-hydrogen) atoms. The number of nitriles is 1. The first kappa shape index (κ1) is 22.0. The maximum atomic E-state index is 14.1. The van der Waals surface area contributed by atoms with Gasteiger partial charge in [0.05, 0.1) is 23.7 Å². The van der Waals surface area contributed by atoms with Crippen molar-refractivity contribution in [2.75, 3.05) is 7.11 Å². The van der Waals surface area contributed by atoms with E-state index in [-0.39, 0.29) is 23.4 Å². The van der Waals surface area contributed by atoms with Crippen molar-refractivity contribution in [2.45, 2.75) is 6.61 Å². The topological polar surface area (TPSA) is 85.4 Å². The first-order valence-electron chi connectivity index (χ1n) is 9.03. The molecule has 0 spiro atoms. The Hall–Kier alpha value is -3.70. The minimum Gasteiger partial charge on any atom is -0.493 e. The Balaban J connectivity index is 1.87. The Morgan fingerprint density at radius 3 is 2.52 bits per heavy atom. The normalized spacial score (nSPS) is 11.0. The van der Waals surface area contributed by atoms with Crippen LogP contribution in [0.2, 0.25) is 0 Å². The summed E-state index contributed by atoms with van der Waals surface area (Å²) in [4.78, 5) is 10.3. The summed E-state index contributed by atoms with van der Waals surface area (Å²) in [6, 6.07) is 17.5. The summed E-state index contributed by atoms with van der Waals surface area (Å²) in [7, 11) is 1.48. The van der Waals surface area contributed by atoms with E-state index in [0.29, 0.717) is 21.5 Å². The molecule has 0 aliphatic rings. The number of rotatable bonds is 7. The molecule has 6 nitrogen and oxygen atoms in total. The van der Waals surface area contributed by atoms with E-state index in [0.717, 1.165) is 5.56 Å². The second-order valence-electron chi connectivity index (χ2n) is 6.39. The summed E-state index contributed by atoms with van der Waals surface area (Å²) in [6.07, 6.45) is 1.56. The van der Waals surface area contributed by atoms with E-state index in [4.69, 9.17) is 9.47 Å². The van der Waals surface area contributed by atoms with Crippen LogP contribution in [0.1, 0.15) is 16.7 Å². The van der Waals surface area contributed by atoms with E-state index in [2.05, 4.69) is 15.9 Å². The Labute approximate surface area is 186 Å². The molecule has 0 radical (unpaired) electrons. The number of non-ortho nitro benzene ring substituents is 1. The van der Waals surface area contributed by atoms with Crippen LogP contribution in [-0.4, -0.2) is 12.0 Å². The Morgan fingerprint density at radius 2 is 1.90 bits per heavy atom. The first-order chi connectivity index (χ1) is 14.9. The number of halogens is 2. The molecular weight excluding hydrogens is 467 g/mol. The van der Waals surface area contributed by atoms with Gasteiger partial charge in [-0.2, -0.15) is 5.26 Å². The number of nitro groups is 1. The van der Waals surface area contributed by atoms with Crippen LogP contribution in [0.15, 0.2) is 65.1 Å². The average molecular weight is 483 g/mol. The fourth-order valence-corrected chi connectivity index (χ4v) is 3.25. The number of methoxy groups -OCH3 is 1. The number of nitrogens with zero attached hydrogens (tertiary/aromatic N) is 2. The lowest BCUT2D eigenvalue weighted by molar-refractivity contribution is -0.384. The van der Waals surface area contributed by atoms with Crippen LogP contribution in [-0.2, 0) is 6.61 Å². The zero-order valence-corrected chi connectivity index (χ0v) is 17.9. The van der Waals surface area contributed by atoms with Gasteiger partial charge < -0.3 is 9.47 Å². The monoisotopic (exact) mass is 482 g/mol. The highest BCUT2D eigenvalue weighted by Crippen LogP contribution is 2.36. The predicted molar refractivity (Wildman–Crippen MR) is 118 cm³/mol. The molecule has 0 saturated carbocycles. The van der Waals surface area contributed by atoms with Crippen LogP contribution in [0.4, 0.5) is 10.1 Å². The Bertz CT molecular complexity index is 1190. The molecule has 156 valence electrons. The van der Waals surface area contributed by atoms with E-state index >= 15 is 0 Å². The number of hydrogen-bond donors (Lipinski definition) is 0. The minimum atomic E-state index is -0.485. The van der Waals surface area contributed by atoms with E-state index in [1.165, 1.54) is 31.4 Å². The maximum Gasteiger partial charge on any atom is 0.269 e. The van der Waals surface area contributed by atoms with Crippen LogP contribution in [0, 0.1) is 27.3 Å². The summed E-state index contributed by atoms with van der Waals surface area (Å²) >= 11 is 3.45. The van der Waals surface area contributed by atoms with E-state index < -0.39 is 10.7 Å². The molecular formula is C23H16BrFN2O4. The zero-order chi connectivity index (χ0) is 22.4. The molecule has 0 aliphatic carbocycles. The van der Waals surface area contributed by atoms with Crippen molar-refractivity contribution in [3.05, 3.63) is 97.8 Å². The van der Waals surface area contributed by atoms with Crippen molar-refractivity contribution < 1.29 is 18.8 Å². The van der Waals surface area contributed by atoms with Crippen LogP contribution >= 0.6 is 15.9 Å². The predicted octanol–water partition coefficient (Wildman–Crippen LogP) is 6.15. The largest absolute Gasteiger partial charge is 0.493 e. The molecule has 0 N–H and O–H groups in total. The van der Waals surface area contributed by atoms with E-state index in [9.17, 15) is 19.8 Å². The van der Waals surface area contributed by atoms with E-state index in [1.807, 2.05) is 6.07 Å². The Kier molecular flexibility index (Phi) is 7.00. The van der Waals surface area contributed by atoms with Crippen molar-refractivity contribution in [3.8, 4) is 17.6 Å². The molecule has 0 heterocycles. The highest BCUT2D eigenvalue weighted by molar-refractivity contribution is 9.10. The van der Waals surface area contributed by atoms with Gasteiger partial charge >= 0.3 is 0 Å². The van der Waals surface area contributed by atoms with Gasteiger partial charge in [-0.3, -0.25) is 10.1 Å². The summed E-state index contributed by atoms with van der Waals surface area (Å²) < 4.78 is 25.9. The van der Waals surface area contributed by atoms with Crippen molar-refractivity contribution >= 4 is 33.3 Å². The SMILES string of the molecule is COc1cc(/C=C(/C#N)c2ccccc2F)c(Br)cc1OCc1ccc([N+](=O)[O-])cc1. The molecule has 0 amide bonds. The fraction of sp³-hybridized carbons (Fsp3) is 0.0870. The van der Waals surface area contributed by atoms with Gasteiger partial charge in [0, 0.05) is 22.2 Å². The summed E-state index contributed by atoms with van der Waals surface area (Å²) in [5.74, 6) is 0.373. The van der Waals surface area contributed by atoms with Gasteiger partial charge in [-0.25, -0.2) is 4.39 Å². The number of benzene rings is 3. The van der Waals surface area contributed by atoms with Gasteiger partial charge in [0.1, 0.15) is 12.4 Å². The lowest BCUT2D eigenvalue weighted by Gasteiger charge is -2.13. The number of nitro benzene ring substituents is 1. The van der Waals surface area contributed by atoms with E-state index in [1.54, 1.807) is 42.5 Å². The molecule has 0 unspecified atom stereocenters. The second kappa shape index (κ2) is 9.87. The van der Waals surface area contributed by atoms with Gasteiger partial charge in [0.2, 0.25) is 0 Å². The quantitative estimate of drug-likeness (QED) is 0.174.